The van der Waals surface area contributed by atoms with Gasteiger partial charge in [0.1, 0.15) is 0 Å². The molecule has 1 atom stereocenters. The number of hydrogen-bond acceptors (Lipinski definition) is 3. The molecule has 2 aromatic rings. The van der Waals surface area contributed by atoms with Crippen LogP contribution in [0.25, 0.3) is 0 Å². The van der Waals surface area contributed by atoms with Crippen LogP contribution in [0.15, 0.2) is 24.7 Å². The Labute approximate surface area is 104 Å². The van der Waals surface area contributed by atoms with Gasteiger partial charge in [-0.2, -0.15) is 0 Å². The average Bonchev–Trinajstić information content (AvgIpc) is 2.83. The third-order valence-corrected chi connectivity index (χ3v) is 3.73. The van der Waals surface area contributed by atoms with E-state index in [2.05, 4.69) is 15.6 Å². The van der Waals surface area contributed by atoms with Crippen molar-refractivity contribution in [3.63, 3.8) is 0 Å². The number of rotatable bonds is 4. The molecule has 0 aliphatic heterocycles. The lowest BCUT2D eigenvalue weighted by Gasteiger charge is -2.09. The van der Waals surface area contributed by atoms with Gasteiger partial charge >= 0.3 is 0 Å². The highest BCUT2D eigenvalue weighted by Crippen LogP contribution is 2.22. The molecular weight excluding hydrogens is 242 g/mol. The van der Waals surface area contributed by atoms with Crippen molar-refractivity contribution in [2.75, 3.05) is 0 Å². The fraction of sp³-hybridized carbons (Fsp3) is 0.364. The highest BCUT2D eigenvalue weighted by atomic mass is 35.5. The minimum atomic E-state index is 0.0226. The summed E-state index contributed by atoms with van der Waals surface area (Å²) in [5, 5.41) is 0. The van der Waals surface area contributed by atoms with E-state index in [1.54, 1.807) is 11.3 Å². The third-order valence-electron chi connectivity index (χ3n) is 2.44. The largest absolute Gasteiger partial charge is 0.333 e. The number of thiophene rings is 1. The first kappa shape index (κ1) is 11.6. The molecular formula is C11H14ClN3S. The van der Waals surface area contributed by atoms with Gasteiger partial charge in [-0.25, -0.2) is 4.98 Å². The molecule has 0 aromatic carbocycles. The molecule has 0 aliphatic carbocycles. The molecule has 0 saturated heterocycles. The molecule has 2 aromatic heterocycles. The van der Waals surface area contributed by atoms with Crippen LogP contribution >= 0.6 is 22.9 Å². The van der Waals surface area contributed by atoms with Crippen molar-refractivity contribution in [2.45, 2.75) is 25.9 Å². The number of aryl methyl sites for hydroxylation is 2. The molecule has 2 heterocycles. The van der Waals surface area contributed by atoms with E-state index in [4.69, 9.17) is 17.3 Å². The maximum atomic E-state index is 5.88. The highest BCUT2D eigenvalue weighted by Gasteiger charge is 2.06. The Morgan fingerprint density at radius 2 is 2.38 bits per heavy atom. The molecule has 0 fully saturated rings. The van der Waals surface area contributed by atoms with Crippen LogP contribution in [0.2, 0.25) is 4.34 Å². The Hall–Kier alpha value is -0.840. The number of aromatic nitrogens is 2. The van der Waals surface area contributed by atoms with Gasteiger partial charge in [-0.3, -0.25) is 0 Å². The molecule has 0 radical (unpaired) electrons. The smallest absolute Gasteiger partial charge is 0.0948 e. The van der Waals surface area contributed by atoms with Gasteiger partial charge in [-0.1, -0.05) is 11.6 Å². The zero-order valence-corrected chi connectivity index (χ0v) is 10.6. The Balaban J connectivity index is 2.02. The van der Waals surface area contributed by atoms with Crippen LogP contribution in [0.3, 0.4) is 0 Å². The van der Waals surface area contributed by atoms with E-state index >= 15 is 0 Å². The number of hydrogen-bond donors (Lipinski definition) is 1. The monoisotopic (exact) mass is 255 g/mol. The van der Waals surface area contributed by atoms with E-state index in [0.717, 1.165) is 23.0 Å². The number of halogens is 1. The normalized spacial score (nSPS) is 12.9. The van der Waals surface area contributed by atoms with E-state index in [0.29, 0.717) is 0 Å². The molecule has 0 bridgehead atoms. The second-order valence-electron chi connectivity index (χ2n) is 3.76. The summed E-state index contributed by atoms with van der Waals surface area (Å²) < 4.78 is 2.94. The second-order valence-corrected chi connectivity index (χ2v) is 5.56. The third kappa shape index (κ3) is 2.64. The van der Waals surface area contributed by atoms with Gasteiger partial charge in [-0.05, 0) is 25.5 Å². The lowest BCUT2D eigenvalue weighted by molar-refractivity contribution is 0.627. The standard InChI is InChI=1S/C11H14ClN3S/c1-8(13)10-6-14-7-15(10)5-4-9-2-3-11(12)16-9/h2-3,6-8H,4-5,13H2,1H3/t8-/m1/s1. The van der Waals surface area contributed by atoms with Crippen LogP contribution in [-0.2, 0) is 13.0 Å². The van der Waals surface area contributed by atoms with Crippen molar-refractivity contribution in [2.24, 2.45) is 5.73 Å². The lowest BCUT2D eigenvalue weighted by Crippen LogP contribution is -2.12. The van der Waals surface area contributed by atoms with Crippen LogP contribution in [0.5, 0.6) is 0 Å². The summed E-state index contributed by atoms with van der Waals surface area (Å²) >= 11 is 7.51. The molecule has 0 amide bonds. The van der Waals surface area contributed by atoms with Crippen molar-refractivity contribution < 1.29 is 0 Å². The molecule has 0 aliphatic rings. The molecule has 86 valence electrons. The van der Waals surface area contributed by atoms with E-state index in [-0.39, 0.29) is 6.04 Å². The van der Waals surface area contributed by atoms with Crippen molar-refractivity contribution in [3.8, 4) is 0 Å². The molecule has 2 N–H and O–H groups in total. The summed E-state index contributed by atoms with van der Waals surface area (Å²) in [6.45, 7) is 2.86. The molecule has 5 heteroatoms. The van der Waals surface area contributed by atoms with Gasteiger partial charge in [-0.15, -0.1) is 11.3 Å². The Kier molecular flexibility index (Phi) is 3.63. The highest BCUT2D eigenvalue weighted by molar-refractivity contribution is 7.16. The SMILES string of the molecule is C[C@@H](N)c1cncn1CCc1ccc(Cl)s1. The van der Waals surface area contributed by atoms with Gasteiger partial charge in [0.25, 0.3) is 0 Å². The van der Waals surface area contributed by atoms with Gasteiger partial charge in [0.15, 0.2) is 0 Å². The Morgan fingerprint density at radius 3 is 3.00 bits per heavy atom. The summed E-state index contributed by atoms with van der Waals surface area (Å²) in [6.07, 6.45) is 4.62. The molecule has 0 saturated carbocycles. The average molecular weight is 256 g/mol. The van der Waals surface area contributed by atoms with Crippen molar-refractivity contribution in [1.82, 2.24) is 9.55 Å². The van der Waals surface area contributed by atoms with Crippen molar-refractivity contribution in [1.29, 1.82) is 0 Å². The lowest BCUT2D eigenvalue weighted by atomic mass is 10.2. The second kappa shape index (κ2) is 4.99. The van der Waals surface area contributed by atoms with Crippen molar-refractivity contribution >= 4 is 22.9 Å². The number of imidazole rings is 1. The Bertz CT molecular complexity index is 461. The number of nitrogens with two attached hydrogens (primary N) is 1. The van der Waals surface area contributed by atoms with E-state index < -0.39 is 0 Å². The first-order chi connectivity index (χ1) is 7.66. The molecule has 0 unspecified atom stereocenters. The van der Waals surface area contributed by atoms with Gasteiger partial charge in [0.05, 0.1) is 16.4 Å². The van der Waals surface area contributed by atoms with Crippen LogP contribution in [-0.4, -0.2) is 9.55 Å². The molecule has 3 nitrogen and oxygen atoms in total. The molecule has 2 rings (SSSR count). The summed E-state index contributed by atoms with van der Waals surface area (Å²) in [7, 11) is 0. The van der Waals surface area contributed by atoms with Crippen LogP contribution in [0.1, 0.15) is 23.5 Å². The van der Waals surface area contributed by atoms with Crippen molar-refractivity contribution in [3.05, 3.63) is 39.6 Å². The maximum absolute atomic E-state index is 5.88. The minimum Gasteiger partial charge on any atom is -0.333 e. The summed E-state index contributed by atoms with van der Waals surface area (Å²) in [5.41, 5.74) is 6.92. The Morgan fingerprint density at radius 1 is 1.56 bits per heavy atom. The van der Waals surface area contributed by atoms with Crippen LogP contribution in [0.4, 0.5) is 0 Å². The zero-order valence-electron chi connectivity index (χ0n) is 9.06. The predicted octanol–water partition coefficient (Wildman–Crippen LogP) is 2.86. The summed E-state index contributed by atoms with van der Waals surface area (Å²) in [4.78, 5) is 5.41. The van der Waals surface area contributed by atoms with E-state index in [9.17, 15) is 0 Å². The fourth-order valence-corrected chi connectivity index (χ4v) is 2.69. The van der Waals surface area contributed by atoms with Crippen LogP contribution < -0.4 is 5.73 Å². The zero-order chi connectivity index (χ0) is 11.5. The van der Waals surface area contributed by atoms with Crippen LogP contribution in [0, 0.1) is 0 Å². The maximum Gasteiger partial charge on any atom is 0.0948 e. The summed E-state index contributed by atoms with van der Waals surface area (Å²) in [5.74, 6) is 0. The van der Waals surface area contributed by atoms with E-state index in [1.807, 2.05) is 25.5 Å². The number of nitrogens with zero attached hydrogens (tertiary/aromatic N) is 2. The molecule has 16 heavy (non-hydrogen) atoms. The minimum absolute atomic E-state index is 0.0226. The summed E-state index contributed by atoms with van der Waals surface area (Å²) in [6, 6.07) is 4.02. The fourth-order valence-electron chi connectivity index (χ4n) is 1.61. The first-order valence-corrected chi connectivity index (χ1v) is 6.36. The first-order valence-electron chi connectivity index (χ1n) is 5.16. The van der Waals surface area contributed by atoms with Gasteiger partial charge < -0.3 is 10.3 Å². The predicted molar refractivity (Wildman–Crippen MR) is 67.9 cm³/mol. The topological polar surface area (TPSA) is 43.8 Å². The molecule has 0 spiro atoms. The van der Waals surface area contributed by atoms with E-state index in [1.165, 1.54) is 4.88 Å². The quantitative estimate of drug-likeness (QED) is 0.913. The van der Waals surface area contributed by atoms with Gasteiger partial charge in [0, 0.05) is 23.7 Å². The van der Waals surface area contributed by atoms with Gasteiger partial charge in [0.2, 0.25) is 0 Å².